The van der Waals surface area contributed by atoms with Crippen LogP contribution in [0.25, 0.3) is 0 Å². The average molecular weight is 305 g/mol. The zero-order chi connectivity index (χ0) is 14.4. The number of carbonyl (C=O) groups excluding carboxylic acids is 1. The van der Waals surface area contributed by atoms with Crippen molar-refractivity contribution in [1.82, 2.24) is 10.2 Å². The number of carbonyl (C=O) groups is 1. The first-order chi connectivity index (χ1) is 8.95. The number of halogens is 2. The van der Waals surface area contributed by atoms with Gasteiger partial charge in [-0.15, -0.1) is 0 Å². The molecule has 1 aromatic carbocycles. The Labute approximate surface area is 123 Å². The zero-order valence-electron chi connectivity index (χ0n) is 11.0. The molecule has 1 atom stereocenters. The van der Waals surface area contributed by atoms with Crippen LogP contribution in [0.1, 0.15) is 12.5 Å². The number of hydrogen-bond acceptors (Lipinski definition) is 2. The molecule has 1 rings (SSSR count). The van der Waals surface area contributed by atoms with Gasteiger partial charge in [-0.2, -0.15) is 0 Å². The highest BCUT2D eigenvalue weighted by molar-refractivity contribution is 6.36. The summed E-state index contributed by atoms with van der Waals surface area (Å²) in [7, 11) is 1.63. The molecule has 0 aliphatic carbocycles. The van der Waals surface area contributed by atoms with E-state index in [0.717, 1.165) is 5.56 Å². The second-order valence-electron chi connectivity index (χ2n) is 4.40. The fourth-order valence-corrected chi connectivity index (χ4v) is 2.21. The molecule has 0 fully saturated rings. The summed E-state index contributed by atoms with van der Waals surface area (Å²) >= 11 is 12.2. The molecule has 2 N–H and O–H groups in total. The molecule has 0 bridgehead atoms. The van der Waals surface area contributed by atoms with Gasteiger partial charge in [0.05, 0.1) is 6.61 Å². The Kier molecular flexibility index (Phi) is 6.42. The molecule has 19 heavy (non-hydrogen) atoms. The van der Waals surface area contributed by atoms with E-state index < -0.39 is 0 Å². The zero-order valence-corrected chi connectivity index (χ0v) is 12.5. The Morgan fingerprint density at radius 3 is 2.53 bits per heavy atom. The third kappa shape index (κ3) is 4.90. The van der Waals surface area contributed by atoms with Gasteiger partial charge < -0.3 is 15.3 Å². The van der Waals surface area contributed by atoms with E-state index in [2.05, 4.69) is 5.32 Å². The van der Waals surface area contributed by atoms with Crippen LogP contribution >= 0.6 is 23.2 Å². The molecule has 6 heteroatoms. The highest BCUT2D eigenvalue weighted by atomic mass is 35.5. The quantitative estimate of drug-likeness (QED) is 0.878. The molecule has 0 aliphatic heterocycles. The van der Waals surface area contributed by atoms with Gasteiger partial charge in [0.25, 0.3) is 0 Å². The fraction of sp³-hybridized carbons (Fsp3) is 0.462. The highest BCUT2D eigenvalue weighted by Crippen LogP contribution is 2.25. The Morgan fingerprint density at radius 1 is 1.42 bits per heavy atom. The van der Waals surface area contributed by atoms with E-state index in [4.69, 9.17) is 28.3 Å². The van der Waals surface area contributed by atoms with Crippen molar-refractivity contribution < 1.29 is 9.90 Å². The molecular formula is C13H18Cl2N2O2. The topological polar surface area (TPSA) is 52.6 Å². The summed E-state index contributed by atoms with van der Waals surface area (Å²) in [6, 6.07) is 4.99. The molecule has 1 aromatic rings. The summed E-state index contributed by atoms with van der Waals surface area (Å²) in [5, 5.41) is 12.8. The van der Waals surface area contributed by atoms with Crippen LogP contribution < -0.4 is 5.32 Å². The molecule has 0 radical (unpaired) electrons. The number of rotatable bonds is 5. The normalized spacial score (nSPS) is 12.1. The lowest BCUT2D eigenvalue weighted by Gasteiger charge is -2.21. The van der Waals surface area contributed by atoms with Crippen molar-refractivity contribution >= 4 is 29.2 Å². The Morgan fingerprint density at radius 2 is 2.00 bits per heavy atom. The lowest BCUT2D eigenvalue weighted by atomic mass is 10.1. The summed E-state index contributed by atoms with van der Waals surface area (Å²) in [4.78, 5) is 13.2. The van der Waals surface area contributed by atoms with Crippen LogP contribution in [0.3, 0.4) is 0 Å². The minimum atomic E-state index is -0.232. The number of likely N-dealkylation sites (N-methyl/N-ethyl adjacent to an activating group) is 1. The van der Waals surface area contributed by atoms with Gasteiger partial charge in [0.15, 0.2) is 0 Å². The minimum Gasteiger partial charge on any atom is -0.395 e. The standard InChI is InChI=1S/C13H18Cl2N2O2/c1-9(16-13(19)17(2)6-7-18)8-10-11(14)4-3-5-12(10)15/h3-5,9,18H,6-8H2,1-2H3,(H,16,19). The first-order valence-corrected chi connectivity index (χ1v) is 6.76. The number of urea groups is 1. The van der Waals surface area contributed by atoms with Crippen LogP contribution in [0.2, 0.25) is 10.0 Å². The maximum absolute atomic E-state index is 11.7. The Balaban J connectivity index is 2.60. The van der Waals surface area contributed by atoms with Gasteiger partial charge >= 0.3 is 6.03 Å². The lowest BCUT2D eigenvalue weighted by molar-refractivity contribution is 0.187. The predicted molar refractivity (Wildman–Crippen MR) is 77.9 cm³/mol. The predicted octanol–water partition coefficient (Wildman–Crippen LogP) is 2.56. The van der Waals surface area contributed by atoms with Crippen molar-refractivity contribution in [3.8, 4) is 0 Å². The maximum atomic E-state index is 11.7. The lowest BCUT2D eigenvalue weighted by Crippen LogP contribution is -2.43. The van der Waals surface area contributed by atoms with Crippen LogP contribution in [0.5, 0.6) is 0 Å². The van der Waals surface area contributed by atoms with Gasteiger partial charge in [0, 0.05) is 29.7 Å². The molecule has 1 unspecified atom stereocenters. The molecule has 0 saturated carbocycles. The third-order valence-electron chi connectivity index (χ3n) is 2.72. The van der Waals surface area contributed by atoms with Crippen LogP contribution in [-0.4, -0.2) is 42.3 Å². The van der Waals surface area contributed by atoms with Crippen molar-refractivity contribution in [2.75, 3.05) is 20.2 Å². The number of benzene rings is 1. The molecule has 4 nitrogen and oxygen atoms in total. The summed E-state index contributed by atoms with van der Waals surface area (Å²) in [5.41, 5.74) is 0.823. The number of aliphatic hydroxyl groups excluding tert-OH is 1. The largest absolute Gasteiger partial charge is 0.395 e. The van der Waals surface area contributed by atoms with E-state index in [1.807, 2.05) is 6.92 Å². The molecule has 0 aliphatic rings. The van der Waals surface area contributed by atoms with E-state index >= 15 is 0 Å². The first kappa shape index (κ1) is 16.1. The molecule has 0 heterocycles. The van der Waals surface area contributed by atoms with Crippen LogP contribution in [0, 0.1) is 0 Å². The van der Waals surface area contributed by atoms with Gasteiger partial charge in [-0.1, -0.05) is 29.3 Å². The van der Waals surface area contributed by atoms with Gasteiger partial charge in [-0.25, -0.2) is 4.79 Å². The number of hydrogen-bond donors (Lipinski definition) is 2. The van der Waals surface area contributed by atoms with Crippen LogP contribution in [0.15, 0.2) is 18.2 Å². The van der Waals surface area contributed by atoms with Crippen LogP contribution in [-0.2, 0) is 6.42 Å². The highest BCUT2D eigenvalue weighted by Gasteiger charge is 2.14. The maximum Gasteiger partial charge on any atom is 0.317 e. The molecular weight excluding hydrogens is 287 g/mol. The van der Waals surface area contributed by atoms with E-state index in [1.54, 1.807) is 25.2 Å². The van der Waals surface area contributed by atoms with E-state index in [9.17, 15) is 4.79 Å². The van der Waals surface area contributed by atoms with E-state index in [1.165, 1.54) is 4.90 Å². The first-order valence-electron chi connectivity index (χ1n) is 6.01. The molecule has 0 saturated heterocycles. The fourth-order valence-electron chi connectivity index (χ4n) is 1.66. The van der Waals surface area contributed by atoms with E-state index in [0.29, 0.717) is 23.0 Å². The molecule has 106 valence electrons. The van der Waals surface area contributed by atoms with Gasteiger partial charge in [0.2, 0.25) is 0 Å². The van der Waals surface area contributed by atoms with Crippen molar-refractivity contribution in [3.05, 3.63) is 33.8 Å². The molecule has 2 amide bonds. The van der Waals surface area contributed by atoms with Crippen molar-refractivity contribution in [2.24, 2.45) is 0 Å². The summed E-state index contributed by atoms with van der Waals surface area (Å²) in [5.74, 6) is 0. The SMILES string of the molecule is CC(Cc1c(Cl)cccc1Cl)NC(=O)N(C)CCO. The van der Waals surface area contributed by atoms with E-state index in [-0.39, 0.29) is 18.7 Å². The second kappa shape index (κ2) is 7.58. The Hall–Kier alpha value is -0.970. The third-order valence-corrected chi connectivity index (χ3v) is 3.43. The number of aliphatic hydroxyl groups is 1. The molecule has 0 spiro atoms. The average Bonchev–Trinajstić information content (AvgIpc) is 2.34. The summed E-state index contributed by atoms with van der Waals surface area (Å²) in [6.07, 6.45) is 0.553. The summed E-state index contributed by atoms with van der Waals surface area (Å²) in [6.45, 7) is 2.12. The smallest absolute Gasteiger partial charge is 0.317 e. The van der Waals surface area contributed by atoms with Gasteiger partial charge in [-0.05, 0) is 31.0 Å². The molecule has 0 aromatic heterocycles. The number of nitrogens with zero attached hydrogens (tertiary/aromatic N) is 1. The van der Waals surface area contributed by atoms with Crippen molar-refractivity contribution in [2.45, 2.75) is 19.4 Å². The number of amides is 2. The van der Waals surface area contributed by atoms with Crippen LogP contribution in [0.4, 0.5) is 4.79 Å². The minimum absolute atomic E-state index is 0.0609. The van der Waals surface area contributed by atoms with Gasteiger partial charge in [0.1, 0.15) is 0 Å². The monoisotopic (exact) mass is 304 g/mol. The van der Waals surface area contributed by atoms with Crippen molar-refractivity contribution in [1.29, 1.82) is 0 Å². The number of nitrogens with one attached hydrogen (secondary N) is 1. The summed E-state index contributed by atoms with van der Waals surface area (Å²) < 4.78 is 0. The van der Waals surface area contributed by atoms with Gasteiger partial charge in [-0.3, -0.25) is 0 Å². The van der Waals surface area contributed by atoms with Crippen molar-refractivity contribution in [3.63, 3.8) is 0 Å². The second-order valence-corrected chi connectivity index (χ2v) is 5.21. The Bertz CT molecular complexity index is 420.